The second kappa shape index (κ2) is 9.97. The van der Waals surface area contributed by atoms with E-state index >= 15 is 0 Å². The summed E-state index contributed by atoms with van der Waals surface area (Å²) < 4.78 is 0. The molecule has 0 N–H and O–H groups in total. The fourth-order valence-corrected chi connectivity index (χ4v) is 4.46. The maximum absolute atomic E-state index is 13.0. The molecule has 1 aliphatic rings. The molecule has 1 fully saturated rings. The number of benzene rings is 3. The van der Waals surface area contributed by atoms with Crippen LogP contribution in [-0.2, 0) is 11.3 Å². The molecule has 0 atom stereocenters. The molecule has 0 aliphatic carbocycles. The van der Waals surface area contributed by atoms with Crippen molar-refractivity contribution < 1.29 is 4.79 Å². The Morgan fingerprint density at radius 3 is 2.00 bits per heavy atom. The van der Waals surface area contributed by atoms with Gasteiger partial charge in [0.15, 0.2) is 0 Å². The number of aryl methyl sites for hydroxylation is 1. The third-order valence-corrected chi connectivity index (χ3v) is 6.30. The van der Waals surface area contributed by atoms with Gasteiger partial charge in [-0.2, -0.15) is 4.80 Å². The Hall–Kier alpha value is -3.84. The van der Waals surface area contributed by atoms with E-state index in [4.69, 9.17) is 0 Å². The van der Waals surface area contributed by atoms with Crippen LogP contribution in [-0.4, -0.2) is 62.1 Å². The molecule has 7 nitrogen and oxygen atoms in total. The number of carbonyl (C=O) groups excluding carboxylic acids is 1. The first-order chi connectivity index (χ1) is 16.7. The summed E-state index contributed by atoms with van der Waals surface area (Å²) in [4.78, 5) is 18.7. The molecule has 172 valence electrons. The Labute approximate surface area is 199 Å². The summed E-state index contributed by atoms with van der Waals surface area (Å²) in [6, 6.07) is 29.3. The predicted octanol–water partition coefficient (Wildman–Crippen LogP) is 3.58. The van der Waals surface area contributed by atoms with Crippen molar-refractivity contribution in [1.29, 1.82) is 0 Å². The van der Waals surface area contributed by atoms with Crippen LogP contribution in [0.1, 0.15) is 22.7 Å². The fraction of sp³-hybridized carbons (Fsp3) is 0.259. The van der Waals surface area contributed by atoms with Gasteiger partial charge in [-0.3, -0.25) is 9.69 Å². The third kappa shape index (κ3) is 4.89. The number of hydrogen-bond donors (Lipinski definition) is 0. The largest absolute Gasteiger partial charge is 0.338 e. The van der Waals surface area contributed by atoms with E-state index in [1.807, 2.05) is 48.2 Å². The fourth-order valence-electron chi connectivity index (χ4n) is 4.46. The smallest absolute Gasteiger partial charge is 0.246 e. The summed E-state index contributed by atoms with van der Waals surface area (Å²) in [6.07, 6.45) is 0. The van der Waals surface area contributed by atoms with Crippen LogP contribution in [0.3, 0.4) is 0 Å². The zero-order valence-electron chi connectivity index (χ0n) is 19.3. The van der Waals surface area contributed by atoms with Crippen molar-refractivity contribution in [1.82, 2.24) is 30.0 Å². The first-order valence-electron chi connectivity index (χ1n) is 11.6. The molecule has 1 aromatic heterocycles. The van der Waals surface area contributed by atoms with Crippen LogP contribution in [0.5, 0.6) is 0 Å². The normalized spacial score (nSPS) is 14.5. The van der Waals surface area contributed by atoms with Gasteiger partial charge in [0.05, 0.1) is 6.04 Å². The SMILES string of the molecule is Cc1ccc(-c2nnn(CC(=O)N3CCN(C(c4ccccc4)c4ccccc4)CC3)n2)cc1. The lowest BCUT2D eigenvalue weighted by atomic mass is 9.96. The number of rotatable bonds is 6. The minimum absolute atomic E-state index is 0.0171. The van der Waals surface area contributed by atoms with E-state index in [-0.39, 0.29) is 18.5 Å². The highest BCUT2D eigenvalue weighted by Crippen LogP contribution is 2.29. The van der Waals surface area contributed by atoms with Crippen LogP contribution in [0, 0.1) is 6.92 Å². The van der Waals surface area contributed by atoms with Crippen LogP contribution in [0.15, 0.2) is 84.9 Å². The van der Waals surface area contributed by atoms with Crippen molar-refractivity contribution in [3.8, 4) is 11.4 Å². The molecule has 0 radical (unpaired) electrons. The highest BCUT2D eigenvalue weighted by molar-refractivity contribution is 5.76. The number of piperazine rings is 1. The van der Waals surface area contributed by atoms with Gasteiger partial charge >= 0.3 is 0 Å². The van der Waals surface area contributed by atoms with Gasteiger partial charge in [0.25, 0.3) is 0 Å². The Morgan fingerprint density at radius 1 is 0.824 bits per heavy atom. The molecule has 4 aromatic rings. The van der Waals surface area contributed by atoms with Gasteiger partial charge in [-0.15, -0.1) is 10.2 Å². The van der Waals surface area contributed by atoms with Gasteiger partial charge in [0.2, 0.25) is 11.7 Å². The first kappa shape index (κ1) is 22.0. The average molecular weight is 453 g/mol. The van der Waals surface area contributed by atoms with Crippen molar-refractivity contribution >= 4 is 5.91 Å². The molecular formula is C27H28N6O. The minimum Gasteiger partial charge on any atom is -0.338 e. The van der Waals surface area contributed by atoms with E-state index in [2.05, 4.69) is 68.8 Å². The molecule has 1 aliphatic heterocycles. The average Bonchev–Trinajstić information content (AvgIpc) is 3.35. The molecular weight excluding hydrogens is 424 g/mol. The highest BCUT2D eigenvalue weighted by atomic mass is 16.2. The molecule has 3 aromatic carbocycles. The summed E-state index contributed by atoms with van der Waals surface area (Å²) in [7, 11) is 0. The number of aromatic nitrogens is 4. The monoisotopic (exact) mass is 452 g/mol. The van der Waals surface area contributed by atoms with Crippen LogP contribution in [0.4, 0.5) is 0 Å². The van der Waals surface area contributed by atoms with Crippen LogP contribution < -0.4 is 0 Å². The Kier molecular flexibility index (Phi) is 6.44. The second-order valence-corrected chi connectivity index (χ2v) is 8.65. The first-order valence-corrected chi connectivity index (χ1v) is 11.6. The topological polar surface area (TPSA) is 67.2 Å². The van der Waals surface area contributed by atoms with Crippen LogP contribution in [0.25, 0.3) is 11.4 Å². The number of hydrogen-bond acceptors (Lipinski definition) is 5. The van der Waals surface area contributed by atoms with E-state index in [1.54, 1.807) is 0 Å². The summed E-state index contributed by atoms with van der Waals surface area (Å²) in [5.41, 5.74) is 4.60. The summed E-state index contributed by atoms with van der Waals surface area (Å²) in [5, 5.41) is 12.6. The molecule has 2 heterocycles. The van der Waals surface area contributed by atoms with Crippen LogP contribution in [0.2, 0.25) is 0 Å². The van der Waals surface area contributed by atoms with Gasteiger partial charge in [-0.05, 0) is 23.3 Å². The number of amides is 1. The quantitative estimate of drug-likeness (QED) is 0.447. The van der Waals surface area contributed by atoms with Crippen molar-refractivity contribution in [2.24, 2.45) is 0 Å². The molecule has 34 heavy (non-hydrogen) atoms. The van der Waals surface area contributed by atoms with E-state index in [0.29, 0.717) is 18.9 Å². The molecule has 0 saturated carbocycles. The lowest BCUT2D eigenvalue weighted by Gasteiger charge is -2.39. The molecule has 7 heteroatoms. The standard InChI is InChI=1S/C27H28N6O/c1-21-12-14-24(15-13-21)27-28-30-33(29-27)20-25(34)31-16-18-32(19-17-31)26(22-8-4-2-5-9-22)23-10-6-3-7-11-23/h2-15,26H,16-20H2,1H3. The zero-order chi connectivity index (χ0) is 23.3. The lowest BCUT2D eigenvalue weighted by molar-refractivity contribution is -0.134. The summed E-state index contributed by atoms with van der Waals surface area (Å²) >= 11 is 0. The Balaban J connectivity index is 1.23. The predicted molar refractivity (Wildman–Crippen MR) is 131 cm³/mol. The van der Waals surface area contributed by atoms with Crippen molar-refractivity contribution in [2.45, 2.75) is 19.5 Å². The maximum Gasteiger partial charge on any atom is 0.246 e. The maximum atomic E-state index is 13.0. The Bertz CT molecular complexity index is 1180. The summed E-state index contributed by atoms with van der Waals surface area (Å²) in [6.45, 7) is 5.09. The summed E-state index contributed by atoms with van der Waals surface area (Å²) in [5.74, 6) is 0.551. The lowest BCUT2D eigenvalue weighted by Crippen LogP contribution is -2.50. The van der Waals surface area contributed by atoms with E-state index in [0.717, 1.165) is 18.7 Å². The van der Waals surface area contributed by atoms with Crippen molar-refractivity contribution in [3.05, 3.63) is 102 Å². The van der Waals surface area contributed by atoms with E-state index in [1.165, 1.54) is 21.5 Å². The van der Waals surface area contributed by atoms with Gasteiger partial charge in [0.1, 0.15) is 6.54 Å². The number of nitrogens with zero attached hydrogens (tertiary/aromatic N) is 6. The number of carbonyl (C=O) groups is 1. The minimum atomic E-state index is 0.0171. The van der Waals surface area contributed by atoms with Gasteiger partial charge < -0.3 is 4.90 Å². The van der Waals surface area contributed by atoms with Gasteiger partial charge in [0, 0.05) is 31.7 Å². The molecule has 0 unspecified atom stereocenters. The van der Waals surface area contributed by atoms with Crippen molar-refractivity contribution in [3.63, 3.8) is 0 Å². The van der Waals surface area contributed by atoms with E-state index in [9.17, 15) is 4.79 Å². The molecule has 0 spiro atoms. The second-order valence-electron chi connectivity index (χ2n) is 8.65. The van der Waals surface area contributed by atoms with Gasteiger partial charge in [-0.25, -0.2) is 0 Å². The Morgan fingerprint density at radius 2 is 1.41 bits per heavy atom. The van der Waals surface area contributed by atoms with Crippen LogP contribution >= 0.6 is 0 Å². The molecule has 1 saturated heterocycles. The van der Waals surface area contributed by atoms with E-state index < -0.39 is 0 Å². The third-order valence-electron chi connectivity index (χ3n) is 6.30. The highest BCUT2D eigenvalue weighted by Gasteiger charge is 2.28. The van der Waals surface area contributed by atoms with Crippen molar-refractivity contribution in [2.75, 3.05) is 26.2 Å². The zero-order valence-corrected chi connectivity index (χ0v) is 19.3. The molecule has 5 rings (SSSR count). The molecule has 0 bridgehead atoms. The molecule has 1 amide bonds. The number of tetrazole rings is 1. The van der Waals surface area contributed by atoms with Gasteiger partial charge in [-0.1, -0.05) is 90.5 Å².